The number of rotatable bonds is 5. The summed E-state index contributed by atoms with van der Waals surface area (Å²) in [6, 6.07) is 5.81. The number of carbonyl (C=O) groups is 1. The van der Waals surface area contributed by atoms with Crippen molar-refractivity contribution in [3.8, 4) is 5.75 Å². The molecule has 2 aliphatic rings. The number of carboxylic acid groups (broad SMARTS) is 1. The van der Waals surface area contributed by atoms with Crippen LogP contribution in [0.1, 0.15) is 16.8 Å². The number of phosphoric acid groups is 1. The van der Waals surface area contributed by atoms with E-state index >= 15 is 0 Å². The van der Waals surface area contributed by atoms with Crippen LogP contribution in [0.15, 0.2) is 47.2 Å². The lowest BCUT2D eigenvalue weighted by atomic mass is 9.82. The van der Waals surface area contributed by atoms with Gasteiger partial charge in [0, 0.05) is 26.1 Å². The molecule has 136 valence electrons. The summed E-state index contributed by atoms with van der Waals surface area (Å²) < 4.78 is 26.3. The van der Waals surface area contributed by atoms with Gasteiger partial charge in [0.25, 0.3) is 0 Å². The highest BCUT2D eigenvalue weighted by molar-refractivity contribution is 7.48. The maximum absolute atomic E-state index is 11.7. The summed E-state index contributed by atoms with van der Waals surface area (Å²) in [4.78, 5) is 10.3. The van der Waals surface area contributed by atoms with E-state index in [-0.39, 0.29) is 23.1 Å². The van der Waals surface area contributed by atoms with Crippen LogP contribution in [0.2, 0.25) is 0 Å². The summed E-state index contributed by atoms with van der Waals surface area (Å²) in [5.41, 5.74) is -0.0671. The van der Waals surface area contributed by atoms with Crippen LogP contribution in [-0.2, 0) is 18.1 Å². The zero-order chi connectivity index (χ0) is 18.6. The van der Waals surface area contributed by atoms with Gasteiger partial charge in [-0.25, -0.2) is 9.36 Å². The molecule has 0 amide bonds. The zero-order valence-electron chi connectivity index (χ0n) is 13.6. The minimum Gasteiger partial charge on any atom is -0.507 e. The molecule has 3 rings (SSSR count). The fraction of sp³-hybridized carbons (Fsp3) is 0.312. The van der Waals surface area contributed by atoms with E-state index in [1.165, 1.54) is 26.4 Å². The van der Waals surface area contributed by atoms with Gasteiger partial charge in [-0.1, -0.05) is 35.9 Å². The Morgan fingerprint density at radius 3 is 2.44 bits per heavy atom. The van der Waals surface area contributed by atoms with Gasteiger partial charge in [0.1, 0.15) is 17.1 Å². The molecule has 0 fully saturated rings. The fourth-order valence-corrected chi connectivity index (χ4v) is 3.69. The maximum Gasteiger partial charge on any atom is 0.529 e. The second-order valence-corrected chi connectivity index (χ2v) is 7.45. The molecule has 0 saturated carbocycles. The summed E-state index contributed by atoms with van der Waals surface area (Å²) in [6.45, 7) is 0. The van der Waals surface area contributed by atoms with Crippen LogP contribution in [0.25, 0.3) is 0 Å². The molecule has 0 saturated heterocycles. The SMILES string of the molecule is COP(=O)(OC)OC1=C(Cl)C2C=CCC12.O=C(O)c1ccccc1O. The zero-order valence-corrected chi connectivity index (χ0v) is 15.2. The van der Waals surface area contributed by atoms with E-state index in [1.807, 2.05) is 12.2 Å². The molecular formula is C16H18ClO7P. The molecule has 0 bridgehead atoms. The number of hydrogen-bond donors (Lipinski definition) is 2. The molecular weight excluding hydrogens is 371 g/mol. The number of halogens is 1. The number of fused-ring (bicyclic) bond motifs is 1. The molecule has 0 aromatic heterocycles. The number of phenols is 1. The Labute approximate surface area is 150 Å². The lowest BCUT2D eigenvalue weighted by Crippen LogP contribution is -2.25. The van der Waals surface area contributed by atoms with E-state index in [9.17, 15) is 9.36 Å². The van der Waals surface area contributed by atoms with Gasteiger partial charge in [0.05, 0.1) is 5.03 Å². The Bertz CT molecular complexity index is 751. The van der Waals surface area contributed by atoms with Crippen molar-refractivity contribution in [3.05, 3.63) is 52.8 Å². The Hall–Kier alpha value is -1.79. The number of aromatic carboxylic acids is 1. The van der Waals surface area contributed by atoms with Crippen LogP contribution in [0.5, 0.6) is 5.75 Å². The highest BCUT2D eigenvalue weighted by Gasteiger charge is 2.45. The molecule has 1 aromatic carbocycles. The van der Waals surface area contributed by atoms with E-state index in [0.29, 0.717) is 10.8 Å². The molecule has 2 aliphatic carbocycles. The van der Waals surface area contributed by atoms with Crippen LogP contribution in [0.3, 0.4) is 0 Å². The first-order chi connectivity index (χ1) is 11.8. The standard InChI is InChI=1S/C9H12ClO4P.C7H6O3/c1-12-15(11,13-2)14-9-7-5-3-4-6(7)8(9)10;8-6-4-2-1-3-5(6)7(9)10/h3-4,6-7H,5H2,1-2H3;1-4,8H,(H,9,10). The maximum atomic E-state index is 11.7. The van der Waals surface area contributed by atoms with Crippen molar-refractivity contribution in [2.45, 2.75) is 6.42 Å². The summed E-state index contributed by atoms with van der Waals surface area (Å²) in [5, 5.41) is 17.9. The highest BCUT2D eigenvalue weighted by atomic mass is 35.5. The van der Waals surface area contributed by atoms with E-state index in [1.54, 1.807) is 12.1 Å². The fourth-order valence-electron chi connectivity index (χ4n) is 2.46. The second-order valence-electron chi connectivity index (χ2n) is 5.23. The molecule has 1 aromatic rings. The Balaban J connectivity index is 0.000000196. The number of allylic oxidation sites excluding steroid dienone is 4. The first kappa shape index (κ1) is 19.5. The van der Waals surface area contributed by atoms with Crippen LogP contribution in [0, 0.1) is 11.8 Å². The van der Waals surface area contributed by atoms with Crippen LogP contribution in [-0.4, -0.2) is 30.4 Å². The van der Waals surface area contributed by atoms with E-state index in [4.69, 9.17) is 26.3 Å². The molecule has 2 atom stereocenters. The van der Waals surface area contributed by atoms with Gasteiger partial charge in [-0.15, -0.1) is 0 Å². The first-order valence-corrected chi connectivity index (χ1v) is 9.15. The molecule has 2 unspecified atom stereocenters. The van der Waals surface area contributed by atoms with Gasteiger partial charge in [0.15, 0.2) is 0 Å². The summed E-state index contributed by atoms with van der Waals surface area (Å²) >= 11 is 6.01. The number of carboxylic acids is 1. The lowest BCUT2D eigenvalue weighted by molar-refractivity contribution is 0.0693. The largest absolute Gasteiger partial charge is 0.529 e. The molecule has 0 heterocycles. The van der Waals surface area contributed by atoms with Crippen molar-refractivity contribution in [2.75, 3.05) is 14.2 Å². The summed E-state index contributed by atoms with van der Waals surface area (Å²) in [5.74, 6) is -0.341. The number of hydrogen-bond acceptors (Lipinski definition) is 6. The van der Waals surface area contributed by atoms with Crippen molar-refractivity contribution in [1.82, 2.24) is 0 Å². The third-order valence-electron chi connectivity index (χ3n) is 3.82. The quantitative estimate of drug-likeness (QED) is 0.577. The molecule has 25 heavy (non-hydrogen) atoms. The summed E-state index contributed by atoms with van der Waals surface area (Å²) in [7, 11) is -0.900. The van der Waals surface area contributed by atoms with E-state index in [2.05, 4.69) is 9.05 Å². The molecule has 9 heteroatoms. The van der Waals surface area contributed by atoms with Crippen molar-refractivity contribution >= 4 is 25.4 Å². The van der Waals surface area contributed by atoms with Crippen molar-refractivity contribution < 1.29 is 33.1 Å². The molecule has 0 radical (unpaired) electrons. The average molecular weight is 389 g/mol. The van der Waals surface area contributed by atoms with Gasteiger partial charge in [-0.3, -0.25) is 9.05 Å². The smallest absolute Gasteiger partial charge is 0.507 e. The average Bonchev–Trinajstić information content (AvgIpc) is 3.05. The van der Waals surface area contributed by atoms with Crippen LogP contribution >= 0.6 is 19.4 Å². The Morgan fingerprint density at radius 2 is 1.92 bits per heavy atom. The predicted octanol–water partition coefficient (Wildman–Crippen LogP) is 4.15. The third kappa shape index (κ3) is 4.25. The van der Waals surface area contributed by atoms with Crippen LogP contribution in [0.4, 0.5) is 0 Å². The Kier molecular flexibility index (Phi) is 6.30. The van der Waals surface area contributed by atoms with Gasteiger partial charge in [-0.2, -0.15) is 0 Å². The molecule has 7 nitrogen and oxygen atoms in total. The van der Waals surface area contributed by atoms with E-state index in [0.717, 1.165) is 6.42 Å². The minimum atomic E-state index is -3.46. The van der Waals surface area contributed by atoms with Crippen molar-refractivity contribution in [3.63, 3.8) is 0 Å². The molecule has 0 spiro atoms. The normalized spacial score (nSPS) is 21.1. The molecule has 2 N–H and O–H groups in total. The van der Waals surface area contributed by atoms with Crippen molar-refractivity contribution in [1.29, 1.82) is 0 Å². The third-order valence-corrected chi connectivity index (χ3v) is 5.58. The second kappa shape index (κ2) is 8.06. The minimum absolute atomic E-state index is 0.0671. The van der Waals surface area contributed by atoms with Gasteiger partial charge >= 0.3 is 13.8 Å². The van der Waals surface area contributed by atoms with Gasteiger partial charge in [0.2, 0.25) is 0 Å². The monoisotopic (exact) mass is 388 g/mol. The summed E-state index contributed by atoms with van der Waals surface area (Å²) in [6.07, 6.45) is 4.94. The van der Waals surface area contributed by atoms with E-state index < -0.39 is 13.8 Å². The molecule has 0 aliphatic heterocycles. The van der Waals surface area contributed by atoms with Crippen molar-refractivity contribution in [2.24, 2.45) is 11.8 Å². The number of benzene rings is 1. The predicted molar refractivity (Wildman–Crippen MR) is 91.4 cm³/mol. The van der Waals surface area contributed by atoms with Gasteiger partial charge < -0.3 is 14.7 Å². The first-order valence-electron chi connectivity index (χ1n) is 7.31. The van der Waals surface area contributed by atoms with Crippen LogP contribution < -0.4 is 0 Å². The highest BCUT2D eigenvalue weighted by Crippen LogP contribution is 2.58. The number of phosphoric ester groups is 1. The topological polar surface area (TPSA) is 102 Å². The number of aromatic hydroxyl groups is 1. The Morgan fingerprint density at radius 1 is 1.28 bits per heavy atom. The van der Waals surface area contributed by atoms with Gasteiger partial charge in [-0.05, 0) is 18.6 Å². The lowest BCUT2D eigenvalue weighted by Gasteiger charge is -2.34. The number of para-hydroxylation sites is 1.